The van der Waals surface area contributed by atoms with Gasteiger partial charge in [-0.3, -0.25) is 9.10 Å². The Balaban J connectivity index is 1.80. The van der Waals surface area contributed by atoms with Gasteiger partial charge in [0.05, 0.1) is 11.4 Å². The molecule has 0 radical (unpaired) electrons. The number of carbonyl (C=O) groups excluding carboxylic acids is 1. The number of hydrogen-bond acceptors (Lipinski definition) is 3. The van der Waals surface area contributed by atoms with Gasteiger partial charge in [-0.05, 0) is 42.8 Å². The van der Waals surface area contributed by atoms with Crippen molar-refractivity contribution in [2.75, 3.05) is 21.9 Å². The lowest BCUT2D eigenvalue weighted by molar-refractivity contribution is 0.102. The fourth-order valence-corrected chi connectivity index (χ4v) is 4.08. The van der Waals surface area contributed by atoms with E-state index in [9.17, 15) is 22.0 Å². The Kier molecular flexibility index (Phi) is 4.23. The highest BCUT2D eigenvalue weighted by atomic mass is 32.2. The number of nitrogens with zero attached hydrogens (tertiary/aromatic N) is 1. The predicted molar refractivity (Wildman–Crippen MR) is 86.5 cm³/mol. The number of nitrogens with one attached hydrogen (secondary N) is 1. The Hall–Kier alpha value is -2.48. The van der Waals surface area contributed by atoms with Crippen LogP contribution in [-0.2, 0) is 10.0 Å². The zero-order valence-corrected chi connectivity index (χ0v) is 13.3. The van der Waals surface area contributed by atoms with E-state index in [1.165, 1.54) is 34.6 Å². The molecule has 5 nitrogen and oxygen atoms in total. The highest BCUT2D eigenvalue weighted by Gasteiger charge is 2.28. The van der Waals surface area contributed by atoms with Crippen molar-refractivity contribution < 1.29 is 22.0 Å². The fourth-order valence-electron chi connectivity index (χ4n) is 2.51. The van der Waals surface area contributed by atoms with Crippen LogP contribution in [0.3, 0.4) is 0 Å². The summed E-state index contributed by atoms with van der Waals surface area (Å²) in [7, 11) is -3.30. The molecule has 1 aliphatic heterocycles. The predicted octanol–water partition coefficient (Wildman–Crippen LogP) is 2.76. The second-order valence-corrected chi connectivity index (χ2v) is 7.35. The van der Waals surface area contributed by atoms with Crippen molar-refractivity contribution in [3.8, 4) is 0 Å². The molecule has 3 rings (SSSR count). The molecule has 0 spiro atoms. The first-order valence-corrected chi connectivity index (χ1v) is 8.85. The minimum absolute atomic E-state index is 0.0990. The monoisotopic (exact) mass is 352 g/mol. The van der Waals surface area contributed by atoms with Crippen LogP contribution in [0.4, 0.5) is 20.2 Å². The van der Waals surface area contributed by atoms with Crippen LogP contribution in [-0.4, -0.2) is 26.6 Å². The van der Waals surface area contributed by atoms with Gasteiger partial charge in [0.1, 0.15) is 17.3 Å². The van der Waals surface area contributed by atoms with Crippen molar-refractivity contribution in [3.63, 3.8) is 0 Å². The average Bonchev–Trinajstić information content (AvgIpc) is 2.90. The molecule has 0 bridgehead atoms. The van der Waals surface area contributed by atoms with Crippen molar-refractivity contribution in [1.82, 2.24) is 0 Å². The lowest BCUT2D eigenvalue weighted by Crippen LogP contribution is -2.25. The van der Waals surface area contributed by atoms with Crippen LogP contribution < -0.4 is 9.62 Å². The van der Waals surface area contributed by atoms with Crippen LogP contribution in [0.1, 0.15) is 16.8 Å². The minimum atomic E-state index is -3.30. The van der Waals surface area contributed by atoms with Crippen molar-refractivity contribution in [2.45, 2.75) is 6.42 Å². The summed E-state index contributed by atoms with van der Waals surface area (Å²) in [6, 6.07) is 9.10. The summed E-state index contributed by atoms with van der Waals surface area (Å²) in [5.41, 5.74) is 0.104. The SMILES string of the molecule is O=C(Nc1c(F)cccc1F)c1ccc(N2CCCS2(=O)=O)cc1. The lowest BCUT2D eigenvalue weighted by Gasteiger charge is -2.17. The number of benzene rings is 2. The summed E-state index contributed by atoms with van der Waals surface area (Å²) in [6.07, 6.45) is 0.553. The van der Waals surface area contributed by atoms with E-state index in [1.807, 2.05) is 0 Å². The van der Waals surface area contributed by atoms with Crippen molar-refractivity contribution >= 4 is 27.3 Å². The Morgan fingerprint density at radius 3 is 2.21 bits per heavy atom. The Labute approximate surface area is 138 Å². The van der Waals surface area contributed by atoms with E-state index in [-0.39, 0.29) is 11.3 Å². The van der Waals surface area contributed by atoms with E-state index in [4.69, 9.17) is 0 Å². The highest BCUT2D eigenvalue weighted by Crippen LogP contribution is 2.25. The molecule has 24 heavy (non-hydrogen) atoms. The Bertz CT molecular complexity index is 862. The molecular formula is C16H14F2N2O3S. The van der Waals surface area contributed by atoms with Gasteiger partial charge in [0, 0.05) is 12.1 Å². The number of para-hydroxylation sites is 1. The van der Waals surface area contributed by atoms with Gasteiger partial charge in [0.15, 0.2) is 0 Å². The Morgan fingerprint density at radius 2 is 1.67 bits per heavy atom. The summed E-state index contributed by atoms with van der Waals surface area (Å²) < 4.78 is 52.1. The molecule has 0 unspecified atom stereocenters. The van der Waals surface area contributed by atoms with E-state index in [1.54, 1.807) is 0 Å². The average molecular weight is 352 g/mol. The van der Waals surface area contributed by atoms with Gasteiger partial charge in [-0.2, -0.15) is 0 Å². The Morgan fingerprint density at radius 1 is 1.04 bits per heavy atom. The van der Waals surface area contributed by atoms with Crippen LogP contribution in [0.2, 0.25) is 0 Å². The fraction of sp³-hybridized carbons (Fsp3) is 0.188. The molecule has 2 aromatic carbocycles. The summed E-state index contributed by atoms with van der Waals surface area (Å²) in [5.74, 6) is -2.33. The van der Waals surface area contributed by atoms with Gasteiger partial charge in [0.25, 0.3) is 5.91 Å². The van der Waals surface area contributed by atoms with E-state index < -0.39 is 33.3 Å². The number of carbonyl (C=O) groups is 1. The smallest absolute Gasteiger partial charge is 0.255 e. The van der Waals surface area contributed by atoms with Crippen LogP contribution in [0.5, 0.6) is 0 Å². The standard InChI is InChI=1S/C16H14F2N2O3S/c17-13-3-1-4-14(18)15(13)19-16(21)11-5-7-12(8-6-11)20-9-2-10-24(20,22)23/h1,3-8H,2,9-10H2,(H,19,21). The maximum Gasteiger partial charge on any atom is 0.255 e. The molecule has 1 saturated heterocycles. The molecule has 1 fully saturated rings. The molecule has 1 amide bonds. The van der Waals surface area contributed by atoms with Crippen molar-refractivity contribution in [2.24, 2.45) is 0 Å². The van der Waals surface area contributed by atoms with Crippen molar-refractivity contribution in [1.29, 1.82) is 0 Å². The third kappa shape index (κ3) is 3.09. The molecule has 0 atom stereocenters. The number of rotatable bonds is 3. The molecule has 1 N–H and O–H groups in total. The third-order valence-corrected chi connectivity index (χ3v) is 5.59. The van der Waals surface area contributed by atoms with E-state index in [0.29, 0.717) is 18.7 Å². The number of amides is 1. The third-order valence-electron chi connectivity index (χ3n) is 3.72. The second kappa shape index (κ2) is 6.20. The van der Waals surface area contributed by atoms with Crippen LogP contribution in [0, 0.1) is 11.6 Å². The van der Waals surface area contributed by atoms with Gasteiger partial charge < -0.3 is 5.32 Å². The largest absolute Gasteiger partial charge is 0.317 e. The molecule has 1 aliphatic rings. The van der Waals surface area contributed by atoms with Crippen molar-refractivity contribution in [3.05, 3.63) is 59.7 Å². The quantitative estimate of drug-likeness (QED) is 0.924. The number of sulfonamides is 1. The van der Waals surface area contributed by atoms with Gasteiger partial charge >= 0.3 is 0 Å². The number of anilines is 2. The maximum absolute atomic E-state index is 13.6. The summed E-state index contributed by atoms with van der Waals surface area (Å²) in [6.45, 7) is 0.397. The van der Waals surface area contributed by atoms with Gasteiger partial charge in [0.2, 0.25) is 10.0 Å². The molecule has 8 heteroatoms. The molecule has 0 aromatic heterocycles. The first-order valence-electron chi connectivity index (χ1n) is 7.24. The zero-order valence-electron chi connectivity index (χ0n) is 12.5. The molecule has 1 heterocycles. The molecule has 2 aromatic rings. The van der Waals surface area contributed by atoms with Gasteiger partial charge in [-0.15, -0.1) is 0 Å². The summed E-state index contributed by atoms with van der Waals surface area (Å²) in [4.78, 5) is 12.1. The molecular weight excluding hydrogens is 338 g/mol. The lowest BCUT2D eigenvalue weighted by atomic mass is 10.2. The second-order valence-electron chi connectivity index (χ2n) is 5.34. The molecule has 0 aliphatic carbocycles. The first kappa shape index (κ1) is 16.4. The maximum atomic E-state index is 13.6. The summed E-state index contributed by atoms with van der Waals surface area (Å²) in [5, 5.41) is 2.18. The minimum Gasteiger partial charge on any atom is -0.317 e. The van der Waals surface area contributed by atoms with Crippen LogP contribution in [0.25, 0.3) is 0 Å². The van der Waals surface area contributed by atoms with Gasteiger partial charge in [-0.1, -0.05) is 6.07 Å². The van der Waals surface area contributed by atoms with E-state index >= 15 is 0 Å². The van der Waals surface area contributed by atoms with Gasteiger partial charge in [-0.25, -0.2) is 17.2 Å². The molecule has 126 valence electrons. The van der Waals surface area contributed by atoms with E-state index in [0.717, 1.165) is 12.1 Å². The van der Waals surface area contributed by atoms with Crippen LogP contribution >= 0.6 is 0 Å². The number of hydrogen-bond donors (Lipinski definition) is 1. The van der Waals surface area contributed by atoms with E-state index in [2.05, 4.69) is 5.32 Å². The van der Waals surface area contributed by atoms with Crippen LogP contribution in [0.15, 0.2) is 42.5 Å². The zero-order chi connectivity index (χ0) is 17.3. The first-order chi connectivity index (χ1) is 11.4. The number of halogens is 2. The topological polar surface area (TPSA) is 66.5 Å². The normalized spacial score (nSPS) is 16.2. The molecule has 0 saturated carbocycles. The highest BCUT2D eigenvalue weighted by molar-refractivity contribution is 7.93. The summed E-state index contributed by atoms with van der Waals surface area (Å²) >= 11 is 0.